The van der Waals surface area contributed by atoms with E-state index in [4.69, 9.17) is 4.74 Å². The van der Waals surface area contributed by atoms with E-state index in [0.29, 0.717) is 38.8 Å². The Morgan fingerprint density at radius 3 is 2.62 bits per heavy atom. The van der Waals surface area contributed by atoms with E-state index >= 15 is 0 Å². The Labute approximate surface area is 216 Å². The van der Waals surface area contributed by atoms with Crippen LogP contribution >= 0.6 is 0 Å². The molecule has 11 heteroatoms. The van der Waals surface area contributed by atoms with Gasteiger partial charge in [0.1, 0.15) is 17.5 Å². The molecular formula is C26H36N6O5. The van der Waals surface area contributed by atoms with Crippen molar-refractivity contribution in [3.05, 3.63) is 29.8 Å². The van der Waals surface area contributed by atoms with Gasteiger partial charge in [0, 0.05) is 31.6 Å². The predicted octanol–water partition coefficient (Wildman–Crippen LogP) is 0.566. The van der Waals surface area contributed by atoms with E-state index in [0.717, 1.165) is 11.3 Å². The Bertz CT molecular complexity index is 1110. The van der Waals surface area contributed by atoms with Gasteiger partial charge < -0.3 is 30.5 Å². The van der Waals surface area contributed by atoms with Crippen LogP contribution in [0.4, 0.5) is 4.79 Å². The normalized spacial score (nSPS) is 31.6. The van der Waals surface area contributed by atoms with Crippen LogP contribution in [0.15, 0.2) is 24.3 Å². The van der Waals surface area contributed by atoms with Crippen molar-refractivity contribution < 1.29 is 23.9 Å². The van der Waals surface area contributed by atoms with Crippen LogP contribution in [-0.2, 0) is 14.4 Å². The summed E-state index contributed by atoms with van der Waals surface area (Å²) >= 11 is 0. The van der Waals surface area contributed by atoms with Crippen molar-refractivity contribution >= 4 is 23.8 Å². The molecule has 4 aliphatic rings. The number of hydrogen-bond donors (Lipinski definition) is 3. The number of fused-ring (bicyclic) bond motifs is 3. The third-order valence-corrected chi connectivity index (χ3v) is 8.67. The highest BCUT2D eigenvalue weighted by atomic mass is 16.5. The SMILES string of the molecule is CN[C@@H](C)C(=O)N[C@@H]1C(=O)N2[C@H](CC[C@H]2C(=O)N[C@@H]2CCOc3ccccc32)CCN2C(=O)N(C)C12C. The Kier molecular flexibility index (Phi) is 6.51. The van der Waals surface area contributed by atoms with E-state index in [9.17, 15) is 19.2 Å². The minimum atomic E-state index is -1.02. The average Bonchev–Trinajstić information content (AvgIpc) is 3.33. The molecule has 0 radical (unpaired) electrons. The number of benzene rings is 1. The zero-order chi connectivity index (χ0) is 26.5. The summed E-state index contributed by atoms with van der Waals surface area (Å²) < 4.78 is 5.73. The van der Waals surface area contributed by atoms with Gasteiger partial charge in [-0.25, -0.2) is 4.79 Å². The third kappa shape index (κ3) is 4.00. The van der Waals surface area contributed by atoms with Gasteiger partial charge in [0.2, 0.25) is 11.8 Å². The number of amides is 5. The molecule has 200 valence electrons. The second-order valence-electron chi connectivity index (χ2n) is 10.6. The molecule has 1 aromatic rings. The zero-order valence-electron chi connectivity index (χ0n) is 21.8. The molecule has 1 unspecified atom stereocenters. The quantitative estimate of drug-likeness (QED) is 0.530. The highest BCUT2D eigenvalue weighted by Crippen LogP contribution is 2.41. The fourth-order valence-corrected chi connectivity index (χ4v) is 6.15. The number of nitrogens with zero attached hydrogens (tertiary/aromatic N) is 3. The smallest absolute Gasteiger partial charge is 0.323 e. The van der Waals surface area contributed by atoms with Crippen molar-refractivity contribution in [3.8, 4) is 5.75 Å². The van der Waals surface area contributed by atoms with Crippen molar-refractivity contribution in [2.75, 3.05) is 27.2 Å². The molecule has 0 spiro atoms. The monoisotopic (exact) mass is 512 g/mol. The number of likely N-dealkylation sites (N-methyl/N-ethyl adjacent to an activating group) is 2. The maximum Gasteiger partial charge on any atom is 0.323 e. The molecule has 0 aromatic heterocycles. The Balaban J connectivity index is 1.42. The lowest BCUT2D eigenvalue weighted by Gasteiger charge is -2.61. The Morgan fingerprint density at radius 1 is 1.11 bits per heavy atom. The molecule has 3 saturated heterocycles. The summed E-state index contributed by atoms with van der Waals surface area (Å²) in [5.41, 5.74) is -0.0921. The van der Waals surface area contributed by atoms with Gasteiger partial charge in [-0.15, -0.1) is 0 Å². The fraction of sp³-hybridized carbons (Fsp3) is 0.615. The highest BCUT2D eigenvalue weighted by Gasteiger charge is 2.62. The molecule has 4 aliphatic heterocycles. The largest absolute Gasteiger partial charge is 0.493 e. The van der Waals surface area contributed by atoms with Gasteiger partial charge in [-0.05, 0) is 46.2 Å². The average molecular weight is 513 g/mol. The molecule has 37 heavy (non-hydrogen) atoms. The van der Waals surface area contributed by atoms with Crippen molar-refractivity contribution in [3.63, 3.8) is 0 Å². The summed E-state index contributed by atoms with van der Waals surface area (Å²) in [4.78, 5) is 58.3. The lowest BCUT2D eigenvalue weighted by Crippen LogP contribution is -2.84. The summed E-state index contributed by atoms with van der Waals surface area (Å²) in [6, 6.07) is 4.92. The minimum Gasteiger partial charge on any atom is -0.493 e. The number of hydrogen-bond acceptors (Lipinski definition) is 6. The maximum absolute atomic E-state index is 14.2. The van der Waals surface area contributed by atoms with Crippen LogP contribution in [0.3, 0.4) is 0 Å². The molecule has 3 N–H and O–H groups in total. The first-order valence-electron chi connectivity index (χ1n) is 13.1. The lowest BCUT2D eigenvalue weighted by molar-refractivity contribution is -0.162. The van der Waals surface area contributed by atoms with E-state index in [1.54, 1.807) is 37.7 Å². The summed E-state index contributed by atoms with van der Waals surface area (Å²) in [5, 5.41) is 8.96. The first-order valence-corrected chi connectivity index (χ1v) is 13.1. The number of nitrogens with one attached hydrogen (secondary N) is 3. The topological polar surface area (TPSA) is 123 Å². The van der Waals surface area contributed by atoms with Crippen LogP contribution in [0.2, 0.25) is 0 Å². The van der Waals surface area contributed by atoms with Crippen LogP contribution in [0, 0.1) is 0 Å². The van der Waals surface area contributed by atoms with E-state index in [1.807, 2.05) is 24.3 Å². The summed E-state index contributed by atoms with van der Waals surface area (Å²) in [6.45, 7) is 4.46. The van der Waals surface area contributed by atoms with Crippen LogP contribution < -0.4 is 20.7 Å². The van der Waals surface area contributed by atoms with Crippen LogP contribution in [-0.4, -0.2) is 95.5 Å². The van der Waals surface area contributed by atoms with Gasteiger partial charge in [0.15, 0.2) is 6.04 Å². The molecule has 0 aliphatic carbocycles. The molecule has 5 rings (SSSR count). The molecule has 6 atom stereocenters. The second kappa shape index (κ2) is 9.51. The van der Waals surface area contributed by atoms with Crippen LogP contribution in [0.25, 0.3) is 0 Å². The van der Waals surface area contributed by atoms with Crippen LogP contribution in [0.1, 0.15) is 51.1 Å². The second-order valence-corrected chi connectivity index (χ2v) is 10.6. The summed E-state index contributed by atoms with van der Waals surface area (Å²) in [7, 11) is 3.31. The molecular weight excluding hydrogens is 476 g/mol. The Hall–Kier alpha value is -3.34. The maximum atomic E-state index is 14.2. The number of rotatable bonds is 5. The molecule has 11 nitrogen and oxygen atoms in total. The number of carbonyl (C=O) groups excluding carboxylic acids is 4. The first kappa shape index (κ1) is 25.3. The van der Waals surface area contributed by atoms with Gasteiger partial charge >= 0.3 is 6.03 Å². The zero-order valence-corrected chi connectivity index (χ0v) is 21.8. The Morgan fingerprint density at radius 2 is 1.86 bits per heavy atom. The molecule has 1 aromatic carbocycles. The minimum absolute atomic E-state index is 0.171. The van der Waals surface area contributed by atoms with Gasteiger partial charge in [0.05, 0.1) is 18.7 Å². The van der Waals surface area contributed by atoms with Crippen molar-refractivity contribution in [2.45, 2.75) is 75.4 Å². The number of urea groups is 1. The summed E-state index contributed by atoms with van der Waals surface area (Å²) in [5.74, 6) is -0.117. The van der Waals surface area contributed by atoms with E-state index < -0.39 is 23.8 Å². The van der Waals surface area contributed by atoms with Crippen molar-refractivity contribution in [1.82, 2.24) is 30.7 Å². The van der Waals surface area contributed by atoms with Gasteiger partial charge in [-0.1, -0.05) is 18.2 Å². The number of ether oxygens (including phenoxy) is 1. The fourth-order valence-electron chi connectivity index (χ4n) is 6.15. The molecule has 3 fully saturated rings. The van der Waals surface area contributed by atoms with Gasteiger partial charge in [0.25, 0.3) is 5.91 Å². The van der Waals surface area contributed by atoms with E-state index in [2.05, 4.69) is 16.0 Å². The van der Waals surface area contributed by atoms with E-state index in [-0.39, 0.29) is 35.8 Å². The van der Waals surface area contributed by atoms with Crippen LogP contribution in [0.5, 0.6) is 5.75 Å². The summed E-state index contributed by atoms with van der Waals surface area (Å²) in [6.07, 6.45) is 2.42. The third-order valence-electron chi connectivity index (χ3n) is 8.67. The van der Waals surface area contributed by atoms with Gasteiger partial charge in [-0.2, -0.15) is 0 Å². The number of para-hydroxylation sites is 1. The molecule has 0 saturated carbocycles. The molecule has 4 heterocycles. The number of carbonyl (C=O) groups is 4. The standard InChI is InChI=1S/C26H36N6O5/c1-15(27-3)22(33)29-21-24(35)32-16(11-13-31-25(36)30(4)26(21,31)2)9-10-19(32)23(34)28-18-12-14-37-20-8-6-5-7-17(18)20/h5-8,15-16,18-19,21,27H,9-14H2,1-4H3,(H,28,34)(H,29,33)/t15-,16+,18+,19-,21+,26?/m0/s1. The molecule has 5 amide bonds. The highest BCUT2D eigenvalue weighted by molar-refractivity contribution is 5.97. The first-order chi connectivity index (χ1) is 17.7. The van der Waals surface area contributed by atoms with E-state index in [1.165, 1.54) is 4.90 Å². The molecule has 0 bridgehead atoms. The van der Waals surface area contributed by atoms with Gasteiger partial charge in [-0.3, -0.25) is 19.3 Å². The van der Waals surface area contributed by atoms with Crippen molar-refractivity contribution in [2.24, 2.45) is 0 Å². The lowest BCUT2D eigenvalue weighted by atomic mass is 9.89. The predicted molar refractivity (Wildman–Crippen MR) is 134 cm³/mol. The van der Waals surface area contributed by atoms with Crippen molar-refractivity contribution in [1.29, 1.82) is 0 Å².